The van der Waals surface area contributed by atoms with Gasteiger partial charge in [-0.1, -0.05) is 13.8 Å². The number of hydrogen-bond acceptors (Lipinski definition) is 4. The molecule has 2 N–H and O–H groups in total. The molecule has 0 spiro atoms. The van der Waals surface area contributed by atoms with Gasteiger partial charge in [0.2, 0.25) is 0 Å². The molecule has 0 bridgehead atoms. The summed E-state index contributed by atoms with van der Waals surface area (Å²) in [5.74, 6) is 0. The Kier molecular flexibility index (Phi) is 6.57. The SMILES string of the molecule is COC1CCCC(OCC(C)(CO)NC(C)C)C1. The highest BCUT2D eigenvalue weighted by atomic mass is 16.5. The standard InChI is InChI=1S/C14H29NO3/c1-11(2)15-14(3,9-16)10-18-13-7-5-6-12(8-13)17-4/h11-13,15-16H,5-10H2,1-4H3. The summed E-state index contributed by atoms with van der Waals surface area (Å²) in [6.45, 7) is 6.79. The lowest BCUT2D eigenvalue weighted by Crippen LogP contribution is -2.53. The molecular weight excluding hydrogens is 230 g/mol. The number of aliphatic hydroxyl groups excluding tert-OH is 1. The van der Waals surface area contributed by atoms with Crippen molar-refractivity contribution in [1.82, 2.24) is 5.32 Å². The fraction of sp³-hybridized carbons (Fsp3) is 1.00. The van der Waals surface area contributed by atoms with Crippen molar-refractivity contribution in [3.63, 3.8) is 0 Å². The van der Waals surface area contributed by atoms with E-state index in [4.69, 9.17) is 9.47 Å². The Morgan fingerprint density at radius 3 is 2.56 bits per heavy atom. The number of rotatable bonds is 7. The molecule has 4 heteroatoms. The molecule has 0 heterocycles. The van der Waals surface area contributed by atoms with Gasteiger partial charge < -0.3 is 19.9 Å². The number of nitrogens with one attached hydrogen (secondary N) is 1. The van der Waals surface area contributed by atoms with Crippen LogP contribution in [0.3, 0.4) is 0 Å². The van der Waals surface area contributed by atoms with Crippen molar-refractivity contribution in [3.05, 3.63) is 0 Å². The highest BCUT2D eigenvalue weighted by molar-refractivity contribution is 4.85. The lowest BCUT2D eigenvalue weighted by Gasteiger charge is -2.34. The summed E-state index contributed by atoms with van der Waals surface area (Å²) < 4.78 is 11.4. The van der Waals surface area contributed by atoms with Gasteiger partial charge in [-0.3, -0.25) is 0 Å². The van der Waals surface area contributed by atoms with E-state index >= 15 is 0 Å². The van der Waals surface area contributed by atoms with Gasteiger partial charge in [0, 0.05) is 13.2 Å². The third-order valence-electron chi connectivity index (χ3n) is 3.54. The summed E-state index contributed by atoms with van der Waals surface area (Å²) in [7, 11) is 1.77. The van der Waals surface area contributed by atoms with Crippen molar-refractivity contribution in [3.8, 4) is 0 Å². The molecule has 3 unspecified atom stereocenters. The second-order valence-electron chi connectivity index (χ2n) is 5.98. The van der Waals surface area contributed by atoms with Crippen LogP contribution in [0.2, 0.25) is 0 Å². The maximum absolute atomic E-state index is 9.49. The first-order chi connectivity index (χ1) is 8.49. The summed E-state index contributed by atoms with van der Waals surface area (Å²) in [6.07, 6.45) is 4.97. The number of methoxy groups -OCH3 is 1. The second-order valence-corrected chi connectivity index (χ2v) is 5.98. The van der Waals surface area contributed by atoms with Crippen molar-refractivity contribution in [2.45, 2.75) is 70.2 Å². The first-order valence-electron chi connectivity index (χ1n) is 7.02. The molecule has 1 aliphatic carbocycles. The monoisotopic (exact) mass is 259 g/mol. The largest absolute Gasteiger partial charge is 0.394 e. The molecule has 0 aromatic carbocycles. The molecule has 1 rings (SSSR count). The molecule has 0 aliphatic heterocycles. The van der Waals surface area contributed by atoms with Crippen LogP contribution in [0.5, 0.6) is 0 Å². The first-order valence-corrected chi connectivity index (χ1v) is 7.02. The molecule has 1 aliphatic rings. The van der Waals surface area contributed by atoms with Gasteiger partial charge in [-0.15, -0.1) is 0 Å². The van der Waals surface area contributed by atoms with Crippen molar-refractivity contribution in [2.24, 2.45) is 0 Å². The van der Waals surface area contributed by atoms with Crippen molar-refractivity contribution in [1.29, 1.82) is 0 Å². The van der Waals surface area contributed by atoms with Crippen LogP contribution in [0, 0.1) is 0 Å². The molecule has 3 atom stereocenters. The van der Waals surface area contributed by atoms with Crippen LogP contribution < -0.4 is 5.32 Å². The van der Waals surface area contributed by atoms with Gasteiger partial charge in [-0.2, -0.15) is 0 Å². The zero-order chi connectivity index (χ0) is 13.6. The maximum Gasteiger partial charge on any atom is 0.0671 e. The van der Waals surface area contributed by atoms with Gasteiger partial charge in [-0.25, -0.2) is 0 Å². The van der Waals surface area contributed by atoms with Crippen LogP contribution >= 0.6 is 0 Å². The van der Waals surface area contributed by atoms with E-state index in [1.54, 1.807) is 7.11 Å². The zero-order valence-electron chi connectivity index (χ0n) is 12.2. The minimum Gasteiger partial charge on any atom is -0.394 e. The van der Waals surface area contributed by atoms with E-state index in [0.29, 0.717) is 18.8 Å². The van der Waals surface area contributed by atoms with Crippen LogP contribution in [-0.2, 0) is 9.47 Å². The van der Waals surface area contributed by atoms with Crippen LogP contribution in [0.4, 0.5) is 0 Å². The Bertz CT molecular complexity index is 235. The summed E-state index contributed by atoms with van der Waals surface area (Å²) in [6, 6.07) is 0.337. The van der Waals surface area contributed by atoms with E-state index in [-0.39, 0.29) is 18.2 Å². The van der Waals surface area contributed by atoms with Crippen molar-refractivity contribution < 1.29 is 14.6 Å². The van der Waals surface area contributed by atoms with E-state index in [9.17, 15) is 5.11 Å². The molecule has 1 fully saturated rings. The third kappa shape index (κ3) is 5.22. The normalized spacial score (nSPS) is 28.3. The number of aliphatic hydroxyl groups is 1. The summed E-state index contributed by atoms with van der Waals surface area (Å²) in [5, 5.41) is 12.9. The molecule has 1 saturated carbocycles. The topological polar surface area (TPSA) is 50.7 Å². The lowest BCUT2D eigenvalue weighted by molar-refractivity contribution is -0.0547. The van der Waals surface area contributed by atoms with Crippen LogP contribution in [0.25, 0.3) is 0 Å². The molecule has 0 radical (unpaired) electrons. The van der Waals surface area contributed by atoms with Gasteiger partial charge >= 0.3 is 0 Å². The lowest BCUT2D eigenvalue weighted by atomic mass is 9.94. The van der Waals surface area contributed by atoms with Crippen molar-refractivity contribution in [2.75, 3.05) is 20.3 Å². The quantitative estimate of drug-likeness (QED) is 0.731. The second kappa shape index (κ2) is 7.43. The van der Waals surface area contributed by atoms with Crippen LogP contribution in [-0.4, -0.2) is 49.2 Å². The minimum atomic E-state index is -0.353. The Labute approximate surface area is 111 Å². The highest BCUT2D eigenvalue weighted by Gasteiger charge is 2.28. The van der Waals surface area contributed by atoms with Gasteiger partial charge in [0.1, 0.15) is 0 Å². The maximum atomic E-state index is 9.49. The van der Waals surface area contributed by atoms with E-state index in [2.05, 4.69) is 19.2 Å². The molecule has 0 amide bonds. The van der Waals surface area contributed by atoms with Gasteiger partial charge in [0.25, 0.3) is 0 Å². The highest BCUT2D eigenvalue weighted by Crippen LogP contribution is 2.24. The minimum absolute atomic E-state index is 0.0889. The predicted molar refractivity (Wildman–Crippen MR) is 72.8 cm³/mol. The van der Waals surface area contributed by atoms with Crippen molar-refractivity contribution >= 4 is 0 Å². The molecule has 0 saturated heterocycles. The Morgan fingerprint density at radius 1 is 1.33 bits per heavy atom. The summed E-state index contributed by atoms with van der Waals surface area (Å²) in [4.78, 5) is 0. The van der Waals surface area contributed by atoms with Crippen LogP contribution in [0.1, 0.15) is 46.5 Å². The molecule has 0 aromatic rings. The Balaban J connectivity index is 2.37. The summed E-state index contributed by atoms with van der Waals surface area (Å²) in [5.41, 5.74) is -0.353. The van der Waals surface area contributed by atoms with Gasteiger partial charge in [-0.05, 0) is 32.6 Å². The Hall–Kier alpha value is -0.160. The molecule has 4 nitrogen and oxygen atoms in total. The predicted octanol–water partition coefficient (Wildman–Crippen LogP) is 1.71. The average Bonchev–Trinajstić information content (AvgIpc) is 2.36. The van der Waals surface area contributed by atoms with Crippen LogP contribution in [0.15, 0.2) is 0 Å². The Morgan fingerprint density at radius 2 is 2.00 bits per heavy atom. The number of hydrogen-bond donors (Lipinski definition) is 2. The molecule has 108 valence electrons. The van der Waals surface area contributed by atoms with E-state index in [1.165, 1.54) is 0 Å². The smallest absolute Gasteiger partial charge is 0.0671 e. The van der Waals surface area contributed by atoms with Gasteiger partial charge in [0.05, 0.1) is 31.0 Å². The fourth-order valence-electron chi connectivity index (χ4n) is 2.60. The molecule has 0 aromatic heterocycles. The third-order valence-corrected chi connectivity index (χ3v) is 3.54. The van der Waals surface area contributed by atoms with Gasteiger partial charge in [0.15, 0.2) is 0 Å². The zero-order valence-corrected chi connectivity index (χ0v) is 12.2. The molecule has 18 heavy (non-hydrogen) atoms. The van der Waals surface area contributed by atoms with E-state index < -0.39 is 0 Å². The average molecular weight is 259 g/mol. The summed E-state index contributed by atoms with van der Waals surface area (Å²) >= 11 is 0. The first kappa shape index (κ1) is 15.9. The fourth-order valence-corrected chi connectivity index (χ4v) is 2.60. The molecular formula is C14H29NO3. The van der Waals surface area contributed by atoms with E-state index in [1.807, 2.05) is 6.92 Å². The van der Waals surface area contributed by atoms with E-state index in [0.717, 1.165) is 25.7 Å². The number of ether oxygens (including phenoxy) is 2.